The molecule has 2 heterocycles. The van der Waals surface area contributed by atoms with Crippen LogP contribution < -0.4 is 11.5 Å². The molecule has 110 valence electrons. The van der Waals surface area contributed by atoms with Crippen LogP contribution in [0, 0.1) is 5.92 Å². The third-order valence-electron chi connectivity index (χ3n) is 3.72. The number of nitrogen functional groups attached to an aromatic ring is 1. The molecule has 1 saturated heterocycles. The van der Waals surface area contributed by atoms with E-state index in [2.05, 4.69) is 10.2 Å². The van der Waals surface area contributed by atoms with Crippen LogP contribution in [-0.4, -0.2) is 40.0 Å². The first kappa shape index (κ1) is 14.4. The lowest BCUT2D eigenvalue weighted by Crippen LogP contribution is -2.44. The molecule has 1 aromatic rings. The molecule has 0 spiro atoms. The lowest BCUT2D eigenvalue weighted by Gasteiger charge is -2.30. The molecule has 0 radical (unpaired) electrons. The first-order chi connectivity index (χ1) is 9.41. The molecule has 5 N–H and O–H groups in total. The number of hydrogen-bond acceptors (Lipinski definition) is 4. The third-order valence-corrected chi connectivity index (χ3v) is 3.72. The van der Waals surface area contributed by atoms with Crippen molar-refractivity contribution >= 4 is 17.5 Å². The van der Waals surface area contributed by atoms with Gasteiger partial charge in [0.2, 0.25) is 5.91 Å². The summed E-state index contributed by atoms with van der Waals surface area (Å²) in [6.07, 6.45) is 1.49. The number of amides is 2. The van der Waals surface area contributed by atoms with Gasteiger partial charge < -0.3 is 16.4 Å². The standard InChI is InChI=1S/C13H21N5O2/c1-7(2)10-9(14)11(17-16-10)13(20)18-5-3-4-8(6-18)12(15)19/h7-8H,3-6,14H2,1-2H3,(H2,15,19)(H,16,17). The summed E-state index contributed by atoms with van der Waals surface area (Å²) in [5.41, 5.74) is 12.7. The second kappa shape index (κ2) is 5.52. The summed E-state index contributed by atoms with van der Waals surface area (Å²) in [6.45, 7) is 4.90. The van der Waals surface area contributed by atoms with Crippen molar-refractivity contribution in [1.29, 1.82) is 0 Å². The zero-order valence-electron chi connectivity index (χ0n) is 11.8. The zero-order chi connectivity index (χ0) is 14.9. The predicted molar refractivity (Wildman–Crippen MR) is 74.9 cm³/mol. The van der Waals surface area contributed by atoms with Gasteiger partial charge in [-0.3, -0.25) is 14.7 Å². The second-order valence-corrected chi connectivity index (χ2v) is 5.55. The normalized spacial score (nSPS) is 19.4. The Morgan fingerprint density at radius 1 is 1.45 bits per heavy atom. The third kappa shape index (κ3) is 2.61. The van der Waals surface area contributed by atoms with E-state index in [0.717, 1.165) is 18.5 Å². The number of hydrogen-bond donors (Lipinski definition) is 3. The fraction of sp³-hybridized carbons (Fsp3) is 0.615. The van der Waals surface area contributed by atoms with E-state index < -0.39 is 0 Å². The predicted octanol–water partition coefficient (Wildman–Crippen LogP) is 0.453. The molecule has 2 rings (SSSR count). The van der Waals surface area contributed by atoms with Crippen LogP contribution in [0.5, 0.6) is 0 Å². The van der Waals surface area contributed by atoms with E-state index in [1.165, 1.54) is 0 Å². The number of aromatic nitrogens is 2. The van der Waals surface area contributed by atoms with Crippen LogP contribution in [0.15, 0.2) is 0 Å². The maximum absolute atomic E-state index is 12.4. The first-order valence-corrected chi connectivity index (χ1v) is 6.84. The minimum absolute atomic E-state index is 0.170. The van der Waals surface area contributed by atoms with Gasteiger partial charge in [-0.05, 0) is 18.8 Å². The molecule has 1 aliphatic rings. The van der Waals surface area contributed by atoms with Gasteiger partial charge in [0, 0.05) is 13.1 Å². The Morgan fingerprint density at radius 3 is 2.70 bits per heavy atom. The van der Waals surface area contributed by atoms with Crippen LogP contribution >= 0.6 is 0 Å². The van der Waals surface area contributed by atoms with Crippen molar-refractivity contribution in [2.45, 2.75) is 32.6 Å². The Bertz CT molecular complexity index is 523. The van der Waals surface area contributed by atoms with Crippen LogP contribution in [0.25, 0.3) is 0 Å². The van der Waals surface area contributed by atoms with Crippen molar-refractivity contribution in [2.75, 3.05) is 18.8 Å². The number of H-pyrrole nitrogens is 1. The molecule has 1 aromatic heterocycles. The van der Waals surface area contributed by atoms with Crippen LogP contribution in [0.3, 0.4) is 0 Å². The highest BCUT2D eigenvalue weighted by atomic mass is 16.2. The van der Waals surface area contributed by atoms with Crippen molar-refractivity contribution in [3.8, 4) is 0 Å². The van der Waals surface area contributed by atoms with Crippen molar-refractivity contribution in [3.63, 3.8) is 0 Å². The summed E-state index contributed by atoms with van der Waals surface area (Å²) < 4.78 is 0. The summed E-state index contributed by atoms with van der Waals surface area (Å²) >= 11 is 0. The fourth-order valence-corrected chi connectivity index (χ4v) is 2.51. The van der Waals surface area contributed by atoms with E-state index >= 15 is 0 Å². The molecule has 1 atom stereocenters. The van der Waals surface area contributed by atoms with Gasteiger partial charge in [0.15, 0.2) is 5.69 Å². The van der Waals surface area contributed by atoms with E-state index in [1.807, 2.05) is 13.8 Å². The Morgan fingerprint density at radius 2 is 2.15 bits per heavy atom. The molecule has 1 aliphatic heterocycles. The van der Waals surface area contributed by atoms with Gasteiger partial charge in [-0.25, -0.2) is 0 Å². The van der Waals surface area contributed by atoms with Crippen LogP contribution in [0.2, 0.25) is 0 Å². The fourth-order valence-electron chi connectivity index (χ4n) is 2.51. The molecule has 7 heteroatoms. The molecule has 7 nitrogen and oxygen atoms in total. The number of rotatable bonds is 3. The lowest BCUT2D eigenvalue weighted by atomic mass is 9.97. The van der Waals surface area contributed by atoms with Gasteiger partial charge in [0.1, 0.15) is 0 Å². The quantitative estimate of drug-likeness (QED) is 0.744. The Labute approximate surface area is 117 Å². The number of aromatic amines is 1. The van der Waals surface area contributed by atoms with Crippen LogP contribution in [-0.2, 0) is 4.79 Å². The largest absolute Gasteiger partial charge is 0.395 e. The van der Waals surface area contributed by atoms with Crippen LogP contribution in [0.1, 0.15) is 48.8 Å². The van der Waals surface area contributed by atoms with Gasteiger partial charge >= 0.3 is 0 Å². The van der Waals surface area contributed by atoms with Gasteiger partial charge in [-0.15, -0.1) is 0 Å². The van der Waals surface area contributed by atoms with Gasteiger partial charge in [0.25, 0.3) is 5.91 Å². The highest BCUT2D eigenvalue weighted by Gasteiger charge is 2.30. The number of piperidine rings is 1. The smallest absolute Gasteiger partial charge is 0.276 e. The Kier molecular flexibility index (Phi) is 3.96. The molecule has 0 saturated carbocycles. The monoisotopic (exact) mass is 279 g/mol. The lowest BCUT2D eigenvalue weighted by molar-refractivity contribution is -0.123. The number of anilines is 1. The summed E-state index contributed by atoms with van der Waals surface area (Å²) in [5.74, 6) is -0.710. The molecule has 2 amide bonds. The number of primary amides is 1. The molecular formula is C13H21N5O2. The van der Waals surface area contributed by atoms with Crippen molar-refractivity contribution in [3.05, 3.63) is 11.4 Å². The van der Waals surface area contributed by atoms with Gasteiger partial charge in [0.05, 0.1) is 17.3 Å². The molecule has 0 aliphatic carbocycles. The Hall–Kier alpha value is -2.05. The van der Waals surface area contributed by atoms with Crippen LogP contribution in [0.4, 0.5) is 5.69 Å². The molecule has 20 heavy (non-hydrogen) atoms. The van der Waals surface area contributed by atoms with E-state index in [4.69, 9.17) is 11.5 Å². The maximum Gasteiger partial charge on any atom is 0.276 e. The molecule has 1 unspecified atom stereocenters. The average Bonchev–Trinajstić information content (AvgIpc) is 2.80. The minimum Gasteiger partial charge on any atom is -0.395 e. The molecule has 1 fully saturated rings. The molecule has 0 aromatic carbocycles. The highest BCUT2D eigenvalue weighted by molar-refractivity contribution is 5.98. The zero-order valence-corrected chi connectivity index (χ0v) is 11.8. The van der Waals surface area contributed by atoms with Crippen molar-refractivity contribution in [1.82, 2.24) is 15.1 Å². The molecule has 0 bridgehead atoms. The van der Waals surface area contributed by atoms with E-state index in [-0.39, 0.29) is 29.3 Å². The number of nitrogens with zero attached hydrogens (tertiary/aromatic N) is 2. The van der Waals surface area contributed by atoms with E-state index in [9.17, 15) is 9.59 Å². The number of carbonyl (C=O) groups is 2. The average molecular weight is 279 g/mol. The topological polar surface area (TPSA) is 118 Å². The Balaban J connectivity index is 2.17. The number of nitrogens with two attached hydrogens (primary N) is 2. The SMILES string of the molecule is CC(C)c1[nH]nc(C(=O)N2CCCC(C(N)=O)C2)c1N. The number of carbonyl (C=O) groups excluding carboxylic acids is 2. The first-order valence-electron chi connectivity index (χ1n) is 6.84. The summed E-state index contributed by atoms with van der Waals surface area (Å²) in [6, 6.07) is 0. The van der Waals surface area contributed by atoms with Gasteiger partial charge in [-0.2, -0.15) is 5.10 Å². The minimum atomic E-state index is -0.361. The number of nitrogens with one attached hydrogen (secondary N) is 1. The maximum atomic E-state index is 12.4. The second-order valence-electron chi connectivity index (χ2n) is 5.55. The van der Waals surface area contributed by atoms with E-state index in [1.54, 1.807) is 4.90 Å². The number of likely N-dealkylation sites (tertiary alicyclic amines) is 1. The summed E-state index contributed by atoms with van der Waals surface area (Å²) in [7, 11) is 0. The highest BCUT2D eigenvalue weighted by Crippen LogP contribution is 2.25. The van der Waals surface area contributed by atoms with E-state index in [0.29, 0.717) is 18.8 Å². The summed E-state index contributed by atoms with van der Waals surface area (Å²) in [4.78, 5) is 25.3. The van der Waals surface area contributed by atoms with Gasteiger partial charge in [-0.1, -0.05) is 13.8 Å². The molecular weight excluding hydrogens is 258 g/mol. The van der Waals surface area contributed by atoms with Crippen molar-refractivity contribution in [2.24, 2.45) is 11.7 Å². The summed E-state index contributed by atoms with van der Waals surface area (Å²) in [5, 5.41) is 6.84. The van der Waals surface area contributed by atoms with Crippen molar-refractivity contribution < 1.29 is 9.59 Å².